The first-order valence-corrected chi connectivity index (χ1v) is 7.97. The fourth-order valence-electron chi connectivity index (χ4n) is 3.11. The summed E-state index contributed by atoms with van der Waals surface area (Å²) in [6, 6.07) is 8.92. The van der Waals surface area contributed by atoms with Crippen LogP contribution in [-0.4, -0.2) is 25.4 Å². The van der Waals surface area contributed by atoms with Gasteiger partial charge in [0, 0.05) is 24.8 Å². The molecule has 0 amide bonds. The van der Waals surface area contributed by atoms with Crippen LogP contribution in [0.5, 0.6) is 5.75 Å². The van der Waals surface area contributed by atoms with E-state index in [-0.39, 0.29) is 0 Å². The van der Waals surface area contributed by atoms with E-state index in [9.17, 15) is 0 Å². The molecule has 3 nitrogen and oxygen atoms in total. The smallest absolute Gasteiger partial charge is 0.124 e. The average Bonchev–Trinajstić information content (AvgIpc) is 3.00. The summed E-state index contributed by atoms with van der Waals surface area (Å²) in [7, 11) is 0. The van der Waals surface area contributed by atoms with Crippen LogP contribution in [0.25, 0.3) is 0 Å². The maximum absolute atomic E-state index is 6.18. The minimum absolute atomic E-state index is 0.425. The van der Waals surface area contributed by atoms with Crippen molar-refractivity contribution in [3.05, 3.63) is 29.8 Å². The fourth-order valence-corrected chi connectivity index (χ4v) is 3.11. The molecule has 1 N–H and O–H groups in total. The van der Waals surface area contributed by atoms with Crippen LogP contribution in [0.15, 0.2) is 24.3 Å². The lowest BCUT2D eigenvalue weighted by atomic mass is 10.1. The number of rotatable bonds is 5. The zero-order chi connectivity index (χ0) is 13.6. The van der Waals surface area contributed by atoms with Crippen molar-refractivity contribution in [1.29, 1.82) is 0 Å². The number of hydrogen-bond acceptors (Lipinski definition) is 3. The lowest BCUT2D eigenvalue weighted by Crippen LogP contribution is -2.36. The predicted octanol–water partition coefficient (Wildman–Crippen LogP) is 3.28. The van der Waals surface area contributed by atoms with E-state index in [1.807, 2.05) is 0 Å². The third-order valence-electron chi connectivity index (χ3n) is 4.31. The van der Waals surface area contributed by atoms with Crippen molar-refractivity contribution >= 4 is 0 Å². The molecule has 1 aliphatic carbocycles. The molecule has 20 heavy (non-hydrogen) atoms. The lowest BCUT2D eigenvalue weighted by Gasteiger charge is -2.24. The van der Waals surface area contributed by atoms with Gasteiger partial charge in [0.2, 0.25) is 0 Å². The first kappa shape index (κ1) is 13.9. The van der Waals surface area contributed by atoms with Gasteiger partial charge in [-0.05, 0) is 44.6 Å². The summed E-state index contributed by atoms with van der Waals surface area (Å²) in [6.45, 7) is 2.63. The van der Waals surface area contributed by atoms with E-state index >= 15 is 0 Å². The van der Waals surface area contributed by atoms with Crippen molar-refractivity contribution in [3.8, 4) is 5.75 Å². The first-order valence-electron chi connectivity index (χ1n) is 7.97. The highest BCUT2D eigenvalue weighted by molar-refractivity contribution is 5.33. The highest BCUT2D eigenvalue weighted by Crippen LogP contribution is 2.26. The van der Waals surface area contributed by atoms with Gasteiger partial charge in [0.25, 0.3) is 0 Å². The molecule has 110 valence electrons. The van der Waals surface area contributed by atoms with Crippen LogP contribution in [0.3, 0.4) is 0 Å². The zero-order valence-corrected chi connectivity index (χ0v) is 12.1. The fraction of sp³-hybridized carbons (Fsp3) is 0.647. The first-order chi connectivity index (χ1) is 9.92. The second kappa shape index (κ2) is 7.09. The van der Waals surface area contributed by atoms with Gasteiger partial charge in [-0.15, -0.1) is 0 Å². The van der Waals surface area contributed by atoms with E-state index in [2.05, 4.69) is 29.6 Å². The van der Waals surface area contributed by atoms with Crippen molar-refractivity contribution < 1.29 is 9.47 Å². The Morgan fingerprint density at radius 2 is 1.95 bits per heavy atom. The van der Waals surface area contributed by atoms with Gasteiger partial charge in [0.1, 0.15) is 5.75 Å². The highest BCUT2D eigenvalue weighted by Gasteiger charge is 2.18. The Morgan fingerprint density at radius 1 is 1.10 bits per heavy atom. The van der Waals surface area contributed by atoms with Crippen LogP contribution < -0.4 is 10.1 Å². The highest BCUT2D eigenvalue weighted by atomic mass is 16.5. The predicted molar refractivity (Wildman–Crippen MR) is 80.0 cm³/mol. The largest absolute Gasteiger partial charge is 0.490 e. The van der Waals surface area contributed by atoms with Gasteiger partial charge in [-0.1, -0.05) is 18.2 Å². The summed E-state index contributed by atoms with van der Waals surface area (Å²) in [4.78, 5) is 0. The summed E-state index contributed by atoms with van der Waals surface area (Å²) < 4.78 is 11.7. The average molecular weight is 275 g/mol. The molecule has 0 aromatic heterocycles. The van der Waals surface area contributed by atoms with E-state index < -0.39 is 0 Å². The van der Waals surface area contributed by atoms with Crippen LogP contribution in [-0.2, 0) is 11.3 Å². The van der Waals surface area contributed by atoms with E-state index in [1.54, 1.807) is 0 Å². The maximum Gasteiger partial charge on any atom is 0.124 e. The van der Waals surface area contributed by atoms with Crippen molar-refractivity contribution in [1.82, 2.24) is 5.32 Å². The van der Waals surface area contributed by atoms with Crippen LogP contribution in [0.1, 0.15) is 44.1 Å². The monoisotopic (exact) mass is 275 g/mol. The molecule has 1 aromatic rings. The number of para-hydroxylation sites is 1. The normalized spacial score (nSPS) is 23.9. The van der Waals surface area contributed by atoms with Gasteiger partial charge in [-0.2, -0.15) is 0 Å². The molecule has 1 saturated carbocycles. The summed E-state index contributed by atoms with van der Waals surface area (Å²) in [6.07, 6.45) is 7.84. The van der Waals surface area contributed by atoms with Crippen molar-refractivity contribution in [2.24, 2.45) is 0 Å². The molecule has 2 fully saturated rings. The maximum atomic E-state index is 6.18. The molecule has 3 rings (SSSR count). The molecular formula is C17H25NO2. The summed E-state index contributed by atoms with van der Waals surface area (Å²) in [5.41, 5.74) is 1.27. The molecule has 0 bridgehead atoms. The summed E-state index contributed by atoms with van der Waals surface area (Å²) in [5.74, 6) is 1.06. The molecule has 1 aromatic carbocycles. The van der Waals surface area contributed by atoms with E-state index in [4.69, 9.17) is 9.47 Å². The summed E-state index contributed by atoms with van der Waals surface area (Å²) >= 11 is 0. The molecule has 3 heteroatoms. The molecular weight excluding hydrogens is 250 g/mol. The number of hydrogen-bond donors (Lipinski definition) is 1. The Balaban J connectivity index is 1.57. The number of ether oxygens (including phenoxy) is 2. The van der Waals surface area contributed by atoms with Crippen molar-refractivity contribution in [2.45, 2.75) is 57.2 Å². The minimum Gasteiger partial charge on any atom is -0.490 e. The van der Waals surface area contributed by atoms with E-state index in [0.717, 1.165) is 31.9 Å². The van der Waals surface area contributed by atoms with Gasteiger partial charge in [0.05, 0.1) is 12.7 Å². The zero-order valence-electron chi connectivity index (χ0n) is 12.1. The molecule has 1 heterocycles. The van der Waals surface area contributed by atoms with Gasteiger partial charge in [-0.25, -0.2) is 0 Å². The SMILES string of the molecule is c1ccc(OC2CCCC2)c(CN[C@@H]2CCCOC2)c1. The van der Waals surface area contributed by atoms with Crippen LogP contribution >= 0.6 is 0 Å². The third kappa shape index (κ3) is 3.74. The second-order valence-corrected chi connectivity index (χ2v) is 5.93. The Kier molecular flexibility index (Phi) is 4.93. The van der Waals surface area contributed by atoms with Gasteiger partial charge in [0.15, 0.2) is 0 Å². The van der Waals surface area contributed by atoms with Crippen LogP contribution in [0.2, 0.25) is 0 Å². The standard InChI is InChI=1S/C17H25NO2/c1-4-10-17(20-16-8-2-3-9-16)14(6-1)12-18-15-7-5-11-19-13-15/h1,4,6,10,15-16,18H,2-3,5,7-9,11-13H2/t15-/m1/s1. The Labute approximate surface area is 121 Å². The second-order valence-electron chi connectivity index (χ2n) is 5.93. The van der Waals surface area contributed by atoms with Crippen LogP contribution in [0, 0.1) is 0 Å². The quantitative estimate of drug-likeness (QED) is 0.894. The minimum atomic E-state index is 0.425. The van der Waals surface area contributed by atoms with E-state index in [0.29, 0.717) is 12.1 Å². The molecule has 1 aliphatic heterocycles. The Hall–Kier alpha value is -1.06. The van der Waals surface area contributed by atoms with Gasteiger partial charge in [-0.3, -0.25) is 0 Å². The third-order valence-corrected chi connectivity index (χ3v) is 4.31. The number of nitrogens with one attached hydrogen (secondary N) is 1. The van der Waals surface area contributed by atoms with Gasteiger partial charge >= 0.3 is 0 Å². The summed E-state index contributed by atoms with van der Waals surface area (Å²) in [5, 5.41) is 3.60. The molecule has 1 saturated heterocycles. The lowest BCUT2D eigenvalue weighted by molar-refractivity contribution is 0.0698. The number of benzene rings is 1. The molecule has 2 aliphatic rings. The van der Waals surface area contributed by atoms with Crippen molar-refractivity contribution in [2.75, 3.05) is 13.2 Å². The Bertz CT molecular complexity index is 409. The van der Waals surface area contributed by atoms with E-state index in [1.165, 1.54) is 37.7 Å². The molecule has 0 radical (unpaired) electrons. The van der Waals surface area contributed by atoms with Gasteiger partial charge < -0.3 is 14.8 Å². The molecule has 1 atom stereocenters. The molecule has 0 spiro atoms. The molecule has 0 unspecified atom stereocenters. The Morgan fingerprint density at radius 3 is 2.75 bits per heavy atom. The van der Waals surface area contributed by atoms with Crippen molar-refractivity contribution in [3.63, 3.8) is 0 Å². The topological polar surface area (TPSA) is 30.5 Å². The van der Waals surface area contributed by atoms with Crippen LogP contribution in [0.4, 0.5) is 0 Å².